The molecule has 1 saturated heterocycles. The molecule has 3 heterocycles. The number of aromatic nitrogens is 5. The van der Waals surface area contributed by atoms with E-state index in [1.807, 2.05) is 19.3 Å². The molecule has 1 aliphatic rings. The molecule has 0 saturated carbocycles. The highest BCUT2D eigenvalue weighted by Gasteiger charge is 2.29. The quantitative estimate of drug-likeness (QED) is 0.477. The first-order valence-electron chi connectivity index (χ1n) is 8.33. The molecule has 1 N–H and O–H groups in total. The van der Waals surface area contributed by atoms with E-state index >= 15 is 0 Å². The molecule has 6 nitrogen and oxygen atoms in total. The molecule has 2 aromatic rings. The van der Waals surface area contributed by atoms with Crippen molar-refractivity contribution in [3.63, 3.8) is 0 Å². The van der Waals surface area contributed by atoms with Gasteiger partial charge in [0.15, 0.2) is 11.0 Å². The zero-order valence-corrected chi connectivity index (χ0v) is 14.6. The minimum atomic E-state index is 0.304. The van der Waals surface area contributed by atoms with E-state index in [2.05, 4.69) is 37.0 Å². The molecule has 7 heteroatoms. The zero-order valence-electron chi connectivity index (χ0n) is 13.8. The Hall–Kier alpha value is -1.47. The molecule has 0 unspecified atom stereocenters. The summed E-state index contributed by atoms with van der Waals surface area (Å²) in [5.74, 6) is 2.88. The zero-order chi connectivity index (χ0) is 16.1. The number of H-pyrrole nitrogens is 1. The molecule has 1 atom stereocenters. The van der Waals surface area contributed by atoms with E-state index in [0.717, 1.165) is 47.6 Å². The maximum absolute atomic E-state index is 4.50. The number of hydrogen-bond acceptors (Lipinski definition) is 6. The fourth-order valence-electron chi connectivity index (χ4n) is 2.86. The van der Waals surface area contributed by atoms with Gasteiger partial charge in [-0.05, 0) is 32.7 Å². The van der Waals surface area contributed by atoms with Crippen molar-refractivity contribution in [2.45, 2.75) is 57.3 Å². The Labute approximate surface area is 141 Å². The summed E-state index contributed by atoms with van der Waals surface area (Å²) in [5.41, 5.74) is 1.16. The van der Waals surface area contributed by atoms with Gasteiger partial charge in [0.2, 0.25) is 0 Å². The number of thioether (sulfide) groups is 1. The second-order valence-electron chi connectivity index (χ2n) is 5.98. The highest BCUT2D eigenvalue weighted by molar-refractivity contribution is 7.99. The van der Waals surface area contributed by atoms with E-state index < -0.39 is 0 Å². The van der Waals surface area contributed by atoms with E-state index in [1.165, 1.54) is 19.3 Å². The Balaban J connectivity index is 1.59. The lowest BCUT2D eigenvalue weighted by Crippen LogP contribution is -2.23. The molecule has 0 aliphatic carbocycles. The van der Waals surface area contributed by atoms with Crippen LogP contribution in [0.3, 0.4) is 0 Å². The molecule has 124 valence electrons. The van der Waals surface area contributed by atoms with Gasteiger partial charge in [0.1, 0.15) is 5.82 Å². The maximum atomic E-state index is 4.50. The SMILES string of the molecule is CCCCSc1ncc(CN2CCC[C@H]2c2n[nH]c(C)n2)cn1. The first-order valence-corrected chi connectivity index (χ1v) is 9.31. The van der Waals surface area contributed by atoms with Crippen LogP contribution in [-0.2, 0) is 6.54 Å². The number of rotatable bonds is 7. The lowest BCUT2D eigenvalue weighted by Gasteiger charge is -2.21. The highest BCUT2D eigenvalue weighted by Crippen LogP contribution is 2.31. The van der Waals surface area contributed by atoms with Crippen LogP contribution >= 0.6 is 11.8 Å². The van der Waals surface area contributed by atoms with Crippen LogP contribution in [0, 0.1) is 6.92 Å². The summed E-state index contributed by atoms with van der Waals surface area (Å²) in [6, 6.07) is 0.304. The monoisotopic (exact) mass is 332 g/mol. The molecule has 1 aliphatic heterocycles. The van der Waals surface area contributed by atoms with Crippen LogP contribution in [0.4, 0.5) is 0 Å². The van der Waals surface area contributed by atoms with E-state index in [0.29, 0.717) is 6.04 Å². The van der Waals surface area contributed by atoms with Crippen molar-refractivity contribution in [2.75, 3.05) is 12.3 Å². The molecule has 0 bridgehead atoms. The minimum absolute atomic E-state index is 0.304. The van der Waals surface area contributed by atoms with E-state index in [4.69, 9.17) is 0 Å². The number of hydrogen-bond donors (Lipinski definition) is 1. The Morgan fingerprint density at radius 3 is 2.87 bits per heavy atom. The molecule has 23 heavy (non-hydrogen) atoms. The van der Waals surface area contributed by atoms with Gasteiger partial charge in [0, 0.05) is 30.3 Å². The minimum Gasteiger partial charge on any atom is -0.289 e. The number of aromatic amines is 1. The lowest BCUT2D eigenvalue weighted by molar-refractivity contribution is 0.239. The highest BCUT2D eigenvalue weighted by atomic mass is 32.2. The summed E-state index contributed by atoms with van der Waals surface area (Å²) >= 11 is 1.74. The van der Waals surface area contributed by atoms with Crippen molar-refractivity contribution in [3.8, 4) is 0 Å². The summed E-state index contributed by atoms with van der Waals surface area (Å²) in [4.78, 5) is 15.9. The first kappa shape index (κ1) is 16.4. The maximum Gasteiger partial charge on any atom is 0.187 e. The molecular weight excluding hydrogens is 308 g/mol. The van der Waals surface area contributed by atoms with Crippen LogP contribution in [-0.4, -0.2) is 42.3 Å². The summed E-state index contributed by atoms with van der Waals surface area (Å²) in [5, 5.41) is 8.16. The summed E-state index contributed by atoms with van der Waals surface area (Å²) in [6.45, 7) is 6.08. The molecule has 1 fully saturated rings. The first-order chi connectivity index (χ1) is 11.3. The van der Waals surface area contributed by atoms with Gasteiger partial charge in [-0.3, -0.25) is 10.00 Å². The molecule has 0 spiro atoms. The molecule has 0 radical (unpaired) electrons. The van der Waals surface area contributed by atoms with Crippen LogP contribution in [0.1, 0.15) is 55.9 Å². The van der Waals surface area contributed by atoms with Crippen molar-refractivity contribution >= 4 is 11.8 Å². The number of likely N-dealkylation sites (tertiary alicyclic amines) is 1. The van der Waals surface area contributed by atoms with Crippen LogP contribution in [0.25, 0.3) is 0 Å². The second kappa shape index (κ2) is 7.88. The van der Waals surface area contributed by atoms with Crippen molar-refractivity contribution in [1.82, 2.24) is 30.0 Å². The Bertz CT molecular complexity index is 611. The third kappa shape index (κ3) is 4.29. The predicted octanol–water partition coefficient (Wildman–Crippen LogP) is 3.13. The normalized spacial score (nSPS) is 18.6. The number of nitrogens with one attached hydrogen (secondary N) is 1. The van der Waals surface area contributed by atoms with Crippen LogP contribution < -0.4 is 0 Å². The lowest BCUT2D eigenvalue weighted by atomic mass is 10.2. The van der Waals surface area contributed by atoms with E-state index in [-0.39, 0.29) is 0 Å². The van der Waals surface area contributed by atoms with Gasteiger partial charge < -0.3 is 0 Å². The number of aryl methyl sites for hydroxylation is 1. The summed E-state index contributed by atoms with van der Waals surface area (Å²) in [7, 11) is 0. The van der Waals surface area contributed by atoms with E-state index in [9.17, 15) is 0 Å². The summed E-state index contributed by atoms with van der Waals surface area (Å²) < 4.78 is 0. The topological polar surface area (TPSA) is 70.6 Å². The predicted molar refractivity (Wildman–Crippen MR) is 91.2 cm³/mol. The Morgan fingerprint density at radius 1 is 1.35 bits per heavy atom. The van der Waals surface area contributed by atoms with Gasteiger partial charge in [-0.1, -0.05) is 25.1 Å². The van der Waals surface area contributed by atoms with Gasteiger partial charge >= 0.3 is 0 Å². The molecular formula is C16H24N6S. The standard InChI is InChI=1S/C16H24N6S/c1-3-4-8-23-16-17-9-13(10-18-16)11-22-7-5-6-14(22)15-19-12(2)20-21-15/h9-10,14H,3-8,11H2,1-2H3,(H,19,20,21)/t14-/m0/s1. The fraction of sp³-hybridized carbons (Fsp3) is 0.625. The van der Waals surface area contributed by atoms with Crippen molar-refractivity contribution < 1.29 is 0 Å². The average Bonchev–Trinajstić information content (AvgIpc) is 3.18. The van der Waals surface area contributed by atoms with Crippen LogP contribution in [0.5, 0.6) is 0 Å². The fourth-order valence-corrected chi connectivity index (χ4v) is 3.73. The van der Waals surface area contributed by atoms with Crippen LogP contribution in [0.2, 0.25) is 0 Å². The Morgan fingerprint density at radius 2 is 2.17 bits per heavy atom. The van der Waals surface area contributed by atoms with Gasteiger partial charge in [-0.15, -0.1) is 0 Å². The van der Waals surface area contributed by atoms with E-state index in [1.54, 1.807) is 11.8 Å². The third-order valence-corrected chi connectivity index (χ3v) is 5.03. The average molecular weight is 332 g/mol. The smallest absolute Gasteiger partial charge is 0.187 e. The molecule has 3 rings (SSSR count). The van der Waals surface area contributed by atoms with Gasteiger partial charge in [0.25, 0.3) is 0 Å². The van der Waals surface area contributed by atoms with Gasteiger partial charge in [-0.25, -0.2) is 15.0 Å². The van der Waals surface area contributed by atoms with Gasteiger partial charge in [0.05, 0.1) is 6.04 Å². The van der Waals surface area contributed by atoms with Crippen molar-refractivity contribution in [1.29, 1.82) is 0 Å². The van der Waals surface area contributed by atoms with Crippen LogP contribution in [0.15, 0.2) is 17.6 Å². The largest absolute Gasteiger partial charge is 0.289 e. The Kier molecular flexibility index (Phi) is 5.61. The summed E-state index contributed by atoms with van der Waals surface area (Å²) in [6.07, 6.45) is 8.64. The van der Waals surface area contributed by atoms with Crippen molar-refractivity contribution in [3.05, 3.63) is 29.6 Å². The molecule has 0 amide bonds. The molecule has 2 aromatic heterocycles. The second-order valence-corrected chi connectivity index (χ2v) is 7.05. The molecule has 0 aromatic carbocycles. The van der Waals surface area contributed by atoms with Gasteiger partial charge in [-0.2, -0.15) is 5.10 Å². The third-order valence-electron chi connectivity index (χ3n) is 4.07. The van der Waals surface area contributed by atoms with Crippen molar-refractivity contribution in [2.24, 2.45) is 0 Å². The number of unbranched alkanes of at least 4 members (excludes halogenated alkanes) is 1. The number of nitrogens with zero attached hydrogens (tertiary/aromatic N) is 5.